The van der Waals surface area contributed by atoms with Crippen molar-refractivity contribution in [2.45, 2.75) is 45.6 Å². The fraction of sp³-hybridized carbons (Fsp3) is 0.933. The summed E-state index contributed by atoms with van der Waals surface area (Å²) in [6.07, 6.45) is 3.45. The molecule has 5 nitrogen and oxygen atoms in total. The summed E-state index contributed by atoms with van der Waals surface area (Å²) in [5, 5.41) is 3.12. The molecule has 2 rings (SSSR count). The zero-order chi connectivity index (χ0) is 15.7. The summed E-state index contributed by atoms with van der Waals surface area (Å²) < 4.78 is 23.5. The standard InChI is InChI=1S/C15H28N2O3S/c1-15(2)6-7-17(14(18)13(9-15)16-3)10-12-5-4-8-21(19,20)11-12/h12-13,16H,4-11H2,1-3H3. The van der Waals surface area contributed by atoms with Crippen molar-refractivity contribution in [3.8, 4) is 0 Å². The van der Waals surface area contributed by atoms with E-state index in [0.29, 0.717) is 12.3 Å². The van der Waals surface area contributed by atoms with Gasteiger partial charge in [-0.25, -0.2) is 8.42 Å². The smallest absolute Gasteiger partial charge is 0.239 e. The van der Waals surface area contributed by atoms with Gasteiger partial charge >= 0.3 is 0 Å². The molecule has 0 aromatic carbocycles. The molecular formula is C15H28N2O3S. The van der Waals surface area contributed by atoms with E-state index in [1.54, 1.807) is 0 Å². The Kier molecular flexibility index (Phi) is 4.98. The second-order valence-corrected chi connectivity index (χ2v) is 9.60. The quantitative estimate of drug-likeness (QED) is 0.845. The topological polar surface area (TPSA) is 66.5 Å². The molecule has 1 amide bonds. The summed E-state index contributed by atoms with van der Waals surface area (Å²) in [7, 11) is -1.08. The van der Waals surface area contributed by atoms with Crippen LogP contribution in [0.3, 0.4) is 0 Å². The number of nitrogens with one attached hydrogen (secondary N) is 1. The number of likely N-dealkylation sites (N-methyl/N-ethyl adjacent to an activating group) is 1. The maximum atomic E-state index is 12.6. The first kappa shape index (κ1) is 16.7. The van der Waals surface area contributed by atoms with Gasteiger partial charge in [-0.05, 0) is 44.1 Å². The van der Waals surface area contributed by atoms with Crippen LogP contribution < -0.4 is 5.32 Å². The maximum Gasteiger partial charge on any atom is 0.239 e. The van der Waals surface area contributed by atoms with Crippen LogP contribution in [-0.4, -0.2) is 56.9 Å². The van der Waals surface area contributed by atoms with Crippen molar-refractivity contribution >= 4 is 15.7 Å². The van der Waals surface area contributed by atoms with E-state index < -0.39 is 9.84 Å². The summed E-state index contributed by atoms with van der Waals surface area (Å²) in [6.45, 7) is 5.71. The monoisotopic (exact) mass is 316 g/mol. The van der Waals surface area contributed by atoms with Gasteiger partial charge in [0.05, 0.1) is 17.5 Å². The molecule has 21 heavy (non-hydrogen) atoms. The Balaban J connectivity index is 2.06. The van der Waals surface area contributed by atoms with Crippen LogP contribution in [-0.2, 0) is 14.6 Å². The fourth-order valence-electron chi connectivity index (χ4n) is 3.49. The molecule has 6 heteroatoms. The molecule has 2 aliphatic heterocycles. The minimum absolute atomic E-state index is 0.103. The van der Waals surface area contributed by atoms with Gasteiger partial charge in [0.2, 0.25) is 5.91 Å². The highest BCUT2D eigenvalue weighted by Crippen LogP contribution is 2.31. The highest BCUT2D eigenvalue weighted by Gasteiger charge is 2.36. The molecule has 0 aromatic rings. The fourth-order valence-corrected chi connectivity index (χ4v) is 5.25. The van der Waals surface area contributed by atoms with E-state index in [0.717, 1.165) is 32.2 Å². The van der Waals surface area contributed by atoms with Crippen LogP contribution in [0.5, 0.6) is 0 Å². The Morgan fingerprint density at radius 3 is 2.71 bits per heavy atom. The summed E-state index contributed by atoms with van der Waals surface area (Å²) in [5.74, 6) is 0.783. The lowest BCUT2D eigenvalue weighted by Crippen LogP contribution is -2.47. The number of nitrogens with zero attached hydrogens (tertiary/aromatic N) is 1. The number of carbonyl (C=O) groups excluding carboxylic acids is 1. The molecule has 2 saturated heterocycles. The third-order valence-electron chi connectivity index (χ3n) is 4.81. The highest BCUT2D eigenvalue weighted by molar-refractivity contribution is 7.91. The number of carbonyl (C=O) groups is 1. The Morgan fingerprint density at radius 2 is 2.10 bits per heavy atom. The van der Waals surface area contributed by atoms with Crippen molar-refractivity contribution < 1.29 is 13.2 Å². The lowest BCUT2D eigenvalue weighted by atomic mass is 9.83. The Morgan fingerprint density at radius 1 is 1.38 bits per heavy atom. The lowest BCUT2D eigenvalue weighted by Gasteiger charge is -2.30. The van der Waals surface area contributed by atoms with Crippen molar-refractivity contribution in [2.24, 2.45) is 11.3 Å². The first-order valence-corrected chi connectivity index (χ1v) is 9.71. The van der Waals surface area contributed by atoms with Crippen LogP contribution in [0, 0.1) is 11.3 Å². The second kappa shape index (κ2) is 6.24. The molecule has 1 N–H and O–H groups in total. The van der Waals surface area contributed by atoms with Gasteiger partial charge in [0.15, 0.2) is 9.84 Å². The van der Waals surface area contributed by atoms with Gasteiger partial charge in [-0.15, -0.1) is 0 Å². The number of sulfone groups is 1. The summed E-state index contributed by atoms with van der Waals surface area (Å²) >= 11 is 0. The largest absolute Gasteiger partial charge is 0.341 e. The van der Waals surface area contributed by atoms with Gasteiger partial charge in [0.25, 0.3) is 0 Å². The molecule has 2 atom stereocenters. The molecule has 0 aromatic heterocycles. The molecular weight excluding hydrogens is 288 g/mol. The van der Waals surface area contributed by atoms with E-state index in [-0.39, 0.29) is 29.0 Å². The molecule has 2 aliphatic rings. The summed E-state index contributed by atoms with van der Waals surface area (Å²) in [6, 6.07) is -0.150. The molecule has 0 radical (unpaired) electrons. The molecule has 2 fully saturated rings. The average molecular weight is 316 g/mol. The summed E-state index contributed by atoms with van der Waals surface area (Å²) in [4.78, 5) is 14.5. The van der Waals surface area contributed by atoms with E-state index >= 15 is 0 Å². The highest BCUT2D eigenvalue weighted by atomic mass is 32.2. The third kappa shape index (κ3) is 4.42. The van der Waals surface area contributed by atoms with Crippen LogP contribution in [0.2, 0.25) is 0 Å². The Bertz CT molecular complexity index is 487. The molecule has 0 bridgehead atoms. The SMILES string of the molecule is CNC1CC(C)(C)CCN(CC2CCCS(=O)(=O)C2)C1=O. The normalized spacial score (nSPS) is 32.7. The van der Waals surface area contributed by atoms with Gasteiger partial charge in [0.1, 0.15) is 0 Å². The molecule has 2 heterocycles. The van der Waals surface area contributed by atoms with Crippen LogP contribution in [0.25, 0.3) is 0 Å². The predicted octanol–water partition coefficient (Wildman–Crippen LogP) is 1.05. The Hall–Kier alpha value is -0.620. The molecule has 2 unspecified atom stereocenters. The van der Waals surface area contributed by atoms with Crippen LogP contribution in [0.4, 0.5) is 0 Å². The first-order valence-electron chi connectivity index (χ1n) is 7.89. The van der Waals surface area contributed by atoms with Crippen LogP contribution in [0.15, 0.2) is 0 Å². The molecule has 122 valence electrons. The van der Waals surface area contributed by atoms with E-state index in [1.165, 1.54) is 0 Å². The molecule has 0 aliphatic carbocycles. The number of hydrogen-bond donors (Lipinski definition) is 1. The number of rotatable bonds is 3. The van der Waals surface area contributed by atoms with E-state index in [1.807, 2.05) is 11.9 Å². The Labute approximate surface area is 128 Å². The maximum absolute atomic E-state index is 12.6. The molecule has 0 spiro atoms. The van der Waals surface area contributed by atoms with Crippen LogP contribution in [0.1, 0.15) is 39.5 Å². The zero-order valence-electron chi connectivity index (χ0n) is 13.4. The van der Waals surface area contributed by atoms with E-state index in [2.05, 4.69) is 19.2 Å². The number of amides is 1. The minimum Gasteiger partial charge on any atom is -0.341 e. The first-order chi connectivity index (χ1) is 9.72. The van der Waals surface area contributed by atoms with Crippen molar-refractivity contribution in [3.63, 3.8) is 0 Å². The number of likely N-dealkylation sites (tertiary alicyclic amines) is 1. The second-order valence-electron chi connectivity index (χ2n) is 7.37. The van der Waals surface area contributed by atoms with Crippen LogP contribution >= 0.6 is 0 Å². The lowest BCUT2D eigenvalue weighted by molar-refractivity contribution is -0.133. The predicted molar refractivity (Wildman–Crippen MR) is 83.8 cm³/mol. The third-order valence-corrected chi connectivity index (χ3v) is 6.70. The summed E-state index contributed by atoms with van der Waals surface area (Å²) in [5.41, 5.74) is 0.136. The molecule has 0 saturated carbocycles. The zero-order valence-corrected chi connectivity index (χ0v) is 14.2. The van der Waals surface area contributed by atoms with Crippen molar-refractivity contribution in [3.05, 3.63) is 0 Å². The van der Waals surface area contributed by atoms with Gasteiger partial charge < -0.3 is 10.2 Å². The van der Waals surface area contributed by atoms with Gasteiger partial charge in [0, 0.05) is 13.1 Å². The van der Waals surface area contributed by atoms with Gasteiger partial charge in [-0.2, -0.15) is 0 Å². The van der Waals surface area contributed by atoms with Gasteiger partial charge in [-0.1, -0.05) is 13.8 Å². The average Bonchev–Trinajstić information content (AvgIpc) is 2.48. The minimum atomic E-state index is -2.90. The van der Waals surface area contributed by atoms with Gasteiger partial charge in [-0.3, -0.25) is 4.79 Å². The van der Waals surface area contributed by atoms with Crippen molar-refractivity contribution in [1.82, 2.24) is 10.2 Å². The van der Waals surface area contributed by atoms with E-state index in [9.17, 15) is 13.2 Å². The van der Waals surface area contributed by atoms with Crippen molar-refractivity contribution in [2.75, 3.05) is 31.6 Å². The number of hydrogen-bond acceptors (Lipinski definition) is 4. The van der Waals surface area contributed by atoms with E-state index in [4.69, 9.17) is 0 Å². The van der Waals surface area contributed by atoms with Crippen molar-refractivity contribution in [1.29, 1.82) is 0 Å².